The number of pyridine rings is 1. The van der Waals surface area contributed by atoms with Gasteiger partial charge in [-0.05, 0) is 32.0 Å². The van der Waals surface area contributed by atoms with Gasteiger partial charge in [-0.3, -0.25) is 4.79 Å². The fourth-order valence-electron chi connectivity index (χ4n) is 4.27. The Kier molecular flexibility index (Phi) is 5.39. The van der Waals surface area contributed by atoms with Crippen LogP contribution in [0.25, 0.3) is 22.6 Å². The molecule has 35 heavy (non-hydrogen) atoms. The van der Waals surface area contributed by atoms with Crippen LogP contribution < -0.4 is 5.32 Å². The molecule has 180 valence electrons. The SMILES string of the molecule is CC1(C)C(=O)Nc2nc(-c3nn(Cc4ccccc4F)c4ncccc34)nc(CCS(C)(=O)=O)c21. The molecule has 0 saturated heterocycles. The predicted molar refractivity (Wildman–Crippen MR) is 129 cm³/mol. The molecular weight excluding hydrogens is 471 g/mol. The second-order valence-electron chi connectivity index (χ2n) is 9.15. The first-order chi connectivity index (χ1) is 16.5. The van der Waals surface area contributed by atoms with Crippen LogP contribution in [0.4, 0.5) is 10.2 Å². The monoisotopic (exact) mass is 494 g/mol. The number of benzene rings is 1. The molecule has 11 heteroatoms. The molecule has 0 atom stereocenters. The largest absolute Gasteiger partial charge is 0.310 e. The lowest BCUT2D eigenvalue weighted by molar-refractivity contribution is -0.119. The second-order valence-corrected chi connectivity index (χ2v) is 11.4. The molecule has 1 aliphatic heterocycles. The highest BCUT2D eigenvalue weighted by Gasteiger charge is 2.42. The molecule has 0 saturated carbocycles. The Morgan fingerprint density at radius 2 is 1.89 bits per heavy atom. The van der Waals surface area contributed by atoms with Gasteiger partial charge in [-0.2, -0.15) is 5.10 Å². The first kappa shape index (κ1) is 23.0. The third-order valence-electron chi connectivity index (χ3n) is 6.11. The number of aromatic nitrogens is 5. The number of carbonyl (C=O) groups excluding carboxylic acids is 1. The molecule has 4 heterocycles. The topological polar surface area (TPSA) is 120 Å². The average Bonchev–Trinajstić information content (AvgIpc) is 3.27. The highest BCUT2D eigenvalue weighted by Crippen LogP contribution is 2.40. The summed E-state index contributed by atoms with van der Waals surface area (Å²) in [6.45, 7) is 3.66. The number of rotatable bonds is 6. The minimum absolute atomic E-state index is 0.121. The van der Waals surface area contributed by atoms with E-state index in [1.54, 1.807) is 49.0 Å². The summed E-state index contributed by atoms with van der Waals surface area (Å²) in [6.07, 6.45) is 2.91. The number of nitrogens with zero attached hydrogens (tertiary/aromatic N) is 5. The van der Waals surface area contributed by atoms with Crippen molar-refractivity contribution in [2.24, 2.45) is 0 Å². The van der Waals surface area contributed by atoms with Gasteiger partial charge in [0.15, 0.2) is 11.5 Å². The summed E-state index contributed by atoms with van der Waals surface area (Å²) in [5.74, 6) is -0.138. The molecule has 1 amide bonds. The number of fused-ring (bicyclic) bond motifs is 2. The van der Waals surface area contributed by atoms with Gasteiger partial charge >= 0.3 is 0 Å². The third kappa shape index (κ3) is 4.16. The molecule has 1 aromatic carbocycles. The van der Waals surface area contributed by atoms with Crippen LogP contribution in [0.3, 0.4) is 0 Å². The lowest BCUT2D eigenvalue weighted by Gasteiger charge is -2.18. The van der Waals surface area contributed by atoms with E-state index in [2.05, 4.69) is 20.4 Å². The summed E-state index contributed by atoms with van der Waals surface area (Å²) in [5.41, 5.74) is 1.53. The number of halogens is 1. The molecule has 1 N–H and O–H groups in total. The van der Waals surface area contributed by atoms with E-state index in [1.807, 2.05) is 6.07 Å². The first-order valence-corrected chi connectivity index (χ1v) is 13.1. The number of carbonyl (C=O) groups is 1. The molecule has 0 aliphatic carbocycles. The van der Waals surface area contributed by atoms with Crippen molar-refractivity contribution in [1.82, 2.24) is 24.7 Å². The smallest absolute Gasteiger partial charge is 0.235 e. The van der Waals surface area contributed by atoms with Crippen molar-refractivity contribution in [3.63, 3.8) is 0 Å². The maximum absolute atomic E-state index is 14.3. The number of hydrogen-bond acceptors (Lipinski definition) is 7. The van der Waals surface area contributed by atoms with E-state index in [9.17, 15) is 17.6 Å². The van der Waals surface area contributed by atoms with Gasteiger partial charge < -0.3 is 5.32 Å². The second kappa shape index (κ2) is 8.19. The van der Waals surface area contributed by atoms with Crippen LogP contribution in [-0.4, -0.2) is 51.1 Å². The van der Waals surface area contributed by atoms with E-state index in [-0.39, 0.29) is 36.3 Å². The summed E-state index contributed by atoms with van der Waals surface area (Å²) < 4.78 is 39.7. The molecular formula is C24H23FN6O3S. The zero-order valence-corrected chi connectivity index (χ0v) is 20.2. The maximum Gasteiger partial charge on any atom is 0.235 e. The van der Waals surface area contributed by atoms with E-state index in [4.69, 9.17) is 4.98 Å². The Morgan fingerprint density at radius 3 is 2.63 bits per heavy atom. The Morgan fingerprint density at radius 1 is 1.11 bits per heavy atom. The number of nitrogens with one attached hydrogen (secondary N) is 1. The molecule has 0 unspecified atom stereocenters. The van der Waals surface area contributed by atoms with Crippen molar-refractivity contribution in [2.75, 3.05) is 17.3 Å². The average molecular weight is 495 g/mol. The Balaban J connectivity index is 1.67. The Bertz CT molecular complexity index is 1600. The molecule has 0 spiro atoms. The maximum atomic E-state index is 14.3. The lowest BCUT2D eigenvalue weighted by Crippen LogP contribution is -2.28. The van der Waals surface area contributed by atoms with Crippen LogP contribution in [-0.2, 0) is 33.0 Å². The molecule has 0 radical (unpaired) electrons. The molecule has 1 aliphatic rings. The molecule has 4 aromatic rings. The zero-order chi connectivity index (χ0) is 25.0. The van der Waals surface area contributed by atoms with E-state index >= 15 is 0 Å². The molecule has 0 bridgehead atoms. The summed E-state index contributed by atoms with van der Waals surface area (Å²) in [6, 6.07) is 10.0. The van der Waals surface area contributed by atoms with Gasteiger partial charge in [0.05, 0.1) is 28.8 Å². The number of amides is 1. The zero-order valence-electron chi connectivity index (χ0n) is 19.4. The fraction of sp³-hybridized carbons (Fsp3) is 0.292. The summed E-state index contributed by atoms with van der Waals surface area (Å²) in [5, 5.41) is 8.11. The summed E-state index contributed by atoms with van der Waals surface area (Å²) >= 11 is 0. The van der Waals surface area contributed by atoms with Crippen LogP contribution in [0.5, 0.6) is 0 Å². The number of aryl methyl sites for hydroxylation is 1. The third-order valence-corrected chi connectivity index (χ3v) is 7.06. The van der Waals surface area contributed by atoms with E-state index in [0.29, 0.717) is 39.4 Å². The van der Waals surface area contributed by atoms with Crippen LogP contribution >= 0.6 is 0 Å². The van der Waals surface area contributed by atoms with Crippen molar-refractivity contribution in [3.05, 3.63) is 65.2 Å². The molecule has 9 nitrogen and oxygen atoms in total. The first-order valence-electron chi connectivity index (χ1n) is 11.0. The van der Waals surface area contributed by atoms with Crippen molar-refractivity contribution in [1.29, 1.82) is 0 Å². The van der Waals surface area contributed by atoms with Crippen molar-refractivity contribution >= 4 is 32.6 Å². The van der Waals surface area contributed by atoms with Gasteiger partial charge in [-0.1, -0.05) is 18.2 Å². The molecule has 3 aromatic heterocycles. The summed E-state index contributed by atoms with van der Waals surface area (Å²) in [7, 11) is -3.27. The van der Waals surface area contributed by atoms with Crippen molar-refractivity contribution in [3.8, 4) is 11.5 Å². The van der Waals surface area contributed by atoms with E-state index in [0.717, 1.165) is 6.26 Å². The Labute approximate surface area is 201 Å². The molecule has 0 fully saturated rings. The minimum Gasteiger partial charge on any atom is -0.310 e. The van der Waals surface area contributed by atoms with Crippen LogP contribution in [0.2, 0.25) is 0 Å². The van der Waals surface area contributed by atoms with Crippen LogP contribution in [0.1, 0.15) is 30.7 Å². The van der Waals surface area contributed by atoms with Crippen LogP contribution in [0, 0.1) is 5.82 Å². The number of hydrogen-bond donors (Lipinski definition) is 1. The predicted octanol–water partition coefficient (Wildman–Crippen LogP) is 2.89. The van der Waals surface area contributed by atoms with Gasteiger partial charge in [0, 0.05) is 30.0 Å². The normalized spacial score (nSPS) is 14.8. The van der Waals surface area contributed by atoms with Gasteiger partial charge in [0.25, 0.3) is 0 Å². The van der Waals surface area contributed by atoms with Crippen molar-refractivity contribution in [2.45, 2.75) is 32.2 Å². The molecule has 5 rings (SSSR count). The highest BCUT2D eigenvalue weighted by atomic mass is 32.2. The van der Waals surface area contributed by atoms with Crippen LogP contribution in [0.15, 0.2) is 42.6 Å². The van der Waals surface area contributed by atoms with Crippen molar-refractivity contribution < 1.29 is 17.6 Å². The summed E-state index contributed by atoms with van der Waals surface area (Å²) in [4.78, 5) is 26.4. The minimum atomic E-state index is -3.27. The quantitative estimate of drug-likeness (QED) is 0.438. The standard InChI is InChI=1S/C24H23FN6O3S/c1-24(2)18-17(10-12-35(3,33)34)27-21(28-20(18)29-23(24)32)19-15-8-6-11-26-22(15)31(30-19)13-14-7-4-5-9-16(14)25/h4-9,11H,10,12-13H2,1-3H3,(H,27,28,29,32). The van der Waals surface area contributed by atoms with Gasteiger partial charge in [-0.25, -0.2) is 32.4 Å². The van der Waals surface area contributed by atoms with Gasteiger partial charge in [-0.15, -0.1) is 0 Å². The highest BCUT2D eigenvalue weighted by molar-refractivity contribution is 7.90. The Hall–Kier alpha value is -3.73. The number of anilines is 1. The van der Waals surface area contributed by atoms with E-state index in [1.165, 1.54) is 6.07 Å². The fourth-order valence-corrected chi connectivity index (χ4v) is 4.84. The number of sulfone groups is 1. The van der Waals surface area contributed by atoms with Gasteiger partial charge in [0.2, 0.25) is 5.91 Å². The van der Waals surface area contributed by atoms with E-state index < -0.39 is 15.3 Å². The van der Waals surface area contributed by atoms with Gasteiger partial charge in [0.1, 0.15) is 27.2 Å². The lowest BCUT2D eigenvalue weighted by atomic mass is 9.85.